The minimum Gasteiger partial charge on any atom is -0.385 e. The summed E-state index contributed by atoms with van der Waals surface area (Å²) in [5.74, 6) is 0. The molecule has 162 valence electrons. The molecule has 3 rings (SSSR count). The van der Waals surface area contributed by atoms with Gasteiger partial charge in [0.15, 0.2) is 0 Å². The minimum atomic E-state index is -0.813. The highest BCUT2D eigenvalue weighted by Gasteiger charge is 2.48. The highest BCUT2D eigenvalue weighted by atomic mass is 35.5. The van der Waals surface area contributed by atoms with Crippen LogP contribution in [0.25, 0.3) is 0 Å². The molecule has 1 N–H and O–H groups in total. The van der Waals surface area contributed by atoms with Crippen LogP contribution in [0.15, 0.2) is 47.5 Å². The average molecular weight is 427 g/mol. The van der Waals surface area contributed by atoms with Crippen molar-refractivity contribution in [3.05, 3.63) is 64.2 Å². The number of halogens is 1. The standard InChI is InChI=1S/C26H35ClN2O/c1-20-8-9-21(2)24(18-20)28-15-6-5-7-16-29-17-14-26(30,25(3,4)19-29)22-10-12-23(27)13-11-22/h8-13,15,18,30H,5-7,14,16-17,19H2,1-4H3. The Morgan fingerprint density at radius 3 is 2.53 bits per heavy atom. The number of hydrogen-bond donors (Lipinski definition) is 1. The number of aryl methyl sites for hydroxylation is 2. The molecule has 0 spiro atoms. The second kappa shape index (κ2) is 9.64. The summed E-state index contributed by atoms with van der Waals surface area (Å²) in [7, 11) is 0. The van der Waals surface area contributed by atoms with Crippen molar-refractivity contribution in [2.24, 2.45) is 10.4 Å². The molecule has 2 aromatic rings. The largest absolute Gasteiger partial charge is 0.385 e. The topological polar surface area (TPSA) is 35.8 Å². The first-order chi connectivity index (χ1) is 14.2. The first-order valence-corrected chi connectivity index (χ1v) is 11.4. The summed E-state index contributed by atoms with van der Waals surface area (Å²) in [4.78, 5) is 7.14. The SMILES string of the molecule is Cc1ccc(C)c(N=CCCCCN2CCC(O)(c3ccc(Cl)cc3)C(C)(C)C2)c1. The Kier molecular flexibility index (Phi) is 7.38. The van der Waals surface area contributed by atoms with Crippen molar-refractivity contribution in [2.45, 2.75) is 59.0 Å². The molecule has 0 aromatic heterocycles. The van der Waals surface area contributed by atoms with Gasteiger partial charge < -0.3 is 10.0 Å². The molecular weight excluding hydrogens is 392 g/mol. The molecule has 1 atom stereocenters. The summed E-state index contributed by atoms with van der Waals surface area (Å²) in [5, 5.41) is 12.2. The number of benzene rings is 2. The van der Waals surface area contributed by atoms with Gasteiger partial charge in [0.1, 0.15) is 0 Å². The van der Waals surface area contributed by atoms with Crippen LogP contribution in [0.4, 0.5) is 5.69 Å². The Labute approximate surface area is 186 Å². The number of piperidine rings is 1. The Balaban J connectivity index is 1.47. The zero-order valence-corrected chi connectivity index (χ0v) is 19.5. The molecular formula is C26H35ClN2O. The van der Waals surface area contributed by atoms with E-state index < -0.39 is 5.60 Å². The summed E-state index contributed by atoms with van der Waals surface area (Å²) in [6.07, 6.45) is 6.08. The monoisotopic (exact) mass is 426 g/mol. The second-order valence-corrected chi connectivity index (χ2v) is 9.81. The number of hydrogen-bond acceptors (Lipinski definition) is 3. The van der Waals surface area contributed by atoms with E-state index in [1.54, 1.807) is 0 Å². The van der Waals surface area contributed by atoms with Gasteiger partial charge in [0, 0.05) is 29.7 Å². The molecule has 0 aliphatic carbocycles. The van der Waals surface area contributed by atoms with E-state index in [1.807, 2.05) is 24.3 Å². The number of nitrogens with zero attached hydrogens (tertiary/aromatic N) is 2. The molecule has 1 aliphatic rings. The minimum absolute atomic E-state index is 0.219. The predicted molar refractivity (Wildman–Crippen MR) is 128 cm³/mol. The van der Waals surface area contributed by atoms with Gasteiger partial charge in [-0.25, -0.2) is 0 Å². The van der Waals surface area contributed by atoms with Crippen LogP contribution in [0.3, 0.4) is 0 Å². The maximum Gasteiger partial charge on any atom is 0.0971 e. The summed E-state index contributed by atoms with van der Waals surface area (Å²) < 4.78 is 0. The number of rotatable bonds is 7. The van der Waals surface area contributed by atoms with Gasteiger partial charge in [0.25, 0.3) is 0 Å². The van der Waals surface area contributed by atoms with Crippen molar-refractivity contribution < 1.29 is 5.11 Å². The highest BCUT2D eigenvalue weighted by molar-refractivity contribution is 6.30. The molecule has 0 radical (unpaired) electrons. The highest BCUT2D eigenvalue weighted by Crippen LogP contribution is 2.46. The zero-order chi connectivity index (χ0) is 21.8. The molecule has 2 aromatic carbocycles. The van der Waals surface area contributed by atoms with E-state index in [9.17, 15) is 5.11 Å². The van der Waals surface area contributed by atoms with Gasteiger partial charge in [0.05, 0.1) is 11.3 Å². The van der Waals surface area contributed by atoms with Gasteiger partial charge in [-0.1, -0.05) is 49.7 Å². The third kappa shape index (κ3) is 5.32. The number of likely N-dealkylation sites (tertiary alicyclic amines) is 1. The summed E-state index contributed by atoms with van der Waals surface area (Å²) >= 11 is 6.03. The van der Waals surface area contributed by atoms with Crippen molar-refractivity contribution in [1.82, 2.24) is 4.90 Å². The van der Waals surface area contributed by atoms with Crippen molar-refractivity contribution in [3.8, 4) is 0 Å². The van der Waals surface area contributed by atoms with Crippen LogP contribution in [0.2, 0.25) is 5.02 Å². The van der Waals surface area contributed by atoms with Gasteiger partial charge in [-0.05, 0) is 81.0 Å². The summed E-state index contributed by atoms with van der Waals surface area (Å²) in [5.41, 5.74) is 3.49. The van der Waals surface area contributed by atoms with E-state index in [0.717, 1.165) is 56.6 Å². The number of aliphatic hydroxyl groups is 1. The number of unbranched alkanes of at least 4 members (excludes halogenated alkanes) is 2. The quantitative estimate of drug-likeness (QED) is 0.408. The van der Waals surface area contributed by atoms with Crippen LogP contribution < -0.4 is 0 Å². The first kappa shape index (κ1) is 23.0. The van der Waals surface area contributed by atoms with E-state index in [4.69, 9.17) is 11.6 Å². The molecule has 1 unspecified atom stereocenters. The maximum absolute atomic E-state index is 11.5. The van der Waals surface area contributed by atoms with E-state index in [-0.39, 0.29) is 5.41 Å². The molecule has 4 heteroatoms. The molecule has 0 amide bonds. The molecule has 1 heterocycles. The lowest BCUT2D eigenvalue weighted by Gasteiger charge is -2.50. The molecule has 1 fully saturated rings. The molecule has 30 heavy (non-hydrogen) atoms. The molecule has 1 aliphatic heterocycles. The van der Waals surface area contributed by atoms with Gasteiger partial charge >= 0.3 is 0 Å². The fourth-order valence-corrected chi connectivity index (χ4v) is 4.60. The molecule has 1 saturated heterocycles. The van der Waals surface area contributed by atoms with E-state index in [2.05, 4.69) is 62.0 Å². The second-order valence-electron chi connectivity index (χ2n) is 9.37. The average Bonchev–Trinajstić information content (AvgIpc) is 2.70. The third-order valence-corrected chi connectivity index (χ3v) is 6.75. The van der Waals surface area contributed by atoms with Crippen LogP contribution >= 0.6 is 11.6 Å². The van der Waals surface area contributed by atoms with Crippen molar-refractivity contribution >= 4 is 23.5 Å². The molecule has 0 saturated carbocycles. The maximum atomic E-state index is 11.5. The lowest BCUT2D eigenvalue weighted by molar-refractivity contribution is -0.125. The summed E-state index contributed by atoms with van der Waals surface area (Å²) in [6, 6.07) is 14.1. The van der Waals surface area contributed by atoms with Crippen molar-refractivity contribution in [2.75, 3.05) is 19.6 Å². The lowest BCUT2D eigenvalue weighted by atomic mass is 9.66. The Bertz CT molecular complexity index is 875. The zero-order valence-electron chi connectivity index (χ0n) is 18.8. The van der Waals surface area contributed by atoms with Crippen LogP contribution in [0.1, 0.15) is 56.2 Å². The van der Waals surface area contributed by atoms with Crippen LogP contribution in [-0.2, 0) is 5.60 Å². The van der Waals surface area contributed by atoms with Crippen molar-refractivity contribution in [1.29, 1.82) is 0 Å². The Morgan fingerprint density at radius 1 is 1.10 bits per heavy atom. The van der Waals surface area contributed by atoms with Gasteiger partial charge in [0.2, 0.25) is 0 Å². The van der Waals surface area contributed by atoms with E-state index in [1.165, 1.54) is 11.1 Å². The molecule has 3 nitrogen and oxygen atoms in total. The Hall–Kier alpha value is -1.68. The fraction of sp³-hybridized carbons (Fsp3) is 0.500. The predicted octanol–water partition coefficient (Wildman–Crippen LogP) is 6.45. The normalized spacial score (nSPS) is 21.9. The van der Waals surface area contributed by atoms with Gasteiger partial charge in [-0.2, -0.15) is 0 Å². The third-order valence-electron chi connectivity index (χ3n) is 6.50. The van der Waals surface area contributed by atoms with Crippen molar-refractivity contribution in [3.63, 3.8) is 0 Å². The summed E-state index contributed by atoms with van der Waals surface area (Å²) in [6.45, 7) is 11.4. The smallest absolute Gasteiger partial charge is 0.0971 e. The van der Waals surface area contributed by atoms with Crippen LogP contribution in [0, 0.1) is 19.3 Å². The van der Waals surface area contributed by atoms with Crippen LogP contribution in [0.5, 0.6) is 0 Å². The van der Waals surface area contributed by atoms with E-state index >= 15 is 0 Å². The first-order valence-electron chi connectivity index (χ1n) is 11.0. The van der Waals surface area contributed by atoms with Gasteiger partial charge in [-0.15, -0.1) is 0 Å². The Morgan fingerprint density at radius 2 is 1.83 bits per heavy atom. The fourth-order valence-electron chi connectivity index (χ4n) is 4.47. The lowest BCUT2D eigenvalue weighted by Crippen LogP contribution is -2.55. The number of aliphatic imine (C=N–C) groups is 1. The van der Waals surface area contributed by atoms with Gasteiger partial charge in [-0.3, -0.25) is 4.99 Å². The van der Waals surface area contributed by atoms with E-state index in [0.29, 0.717) is 5.02 Å². The van der Waals surface area contributed by atoms with Crippen LogP contribution in [-0.4, -0.2) is 35.9 Å². The molecule has 0 bridgehead atoms.